The van der Waals surface area contributed by atoms with E-state index in [9.17, 15) is 9.59 Å². The average molecular weight is 255 g/mol. The first-order valence-electron chi connectivity index (χ1n) is 5.48. The van der Waals surface area contributed by atoms with Gasteiger partial charge in [-0.05, 0) is 29.9 Å². The Morgan fingerprint density at radius 2 is 2.12 bits per heavy atom. The molecule has 0 radical (unpaired) electrons. The van der Waals surface area contributed by atoms with Crippen molar-refractivity contribution < 1.29 is 14.7 Å². The van der Waals surface area contributed by atoms with E-state index in [-0.39, 0.29) is 24.3 Å². The van der Waals surface area contributed by atoms with E-state index in [1.807, 2.05) is 32.2 Å². The van der Waals surface area contributed by atoms with Crippen LogP contribution in [0.25, 0.3) is 0 Å². The number of carbonyl (C=O) groups excluding carboxylic acids is 1. The van der Waals surface area contributed by atoms with Crippen LogP contribution in [-0.4, -0.2) is 23.0 Å². The lowest BCUT2D eigenvalue weighted by atomic mass is 10.0. The van der Waals surface area contributed by atoms with Crippen molar-refractivity contribution in [3.8, 4) is 0 Å². The summed E-state index contributed by atoms with van der Waals surface area (Å²) in [6.07, 6.45) is -0.0478. The molecule has 1 atom stereocenters. The Balaban J connectivity index is 2.71. The van der Waals surface area contributed by atoms with E-state index >= 15 is 0 Å². The number of hydrogen-bond acceptors (Lipinski definition) is 3. The first-order valence-corrected chi connectivity index (χ1v) is 6.36. The van der Waals surface area contributed by atoms with Crippen molar-refractivity contribution in [1.29, 1.82) is 0 Å². The van der Waals surface area contributed by atoms with Gasteiger partial charge in [-0.25, -0.2) is 0 Å². The van der Waals surface area contributed by atoms with Gasteiger partial charge in [0, 0.05) is 6.04 Å². The lowest BCUT2D eigenvalue weighted by Crippen LogP contribution is -2.40. The van der Waals surface area contributed by atoms with E-state index in [0.29, 0.717) is 4.88 Å². The fourth-order valence-electron chi connectivity index (χ4n) is 1.48. The maximum atomic E-state index is 11.9. The van der Waals surface area contributed by atoms with Gasteiger partial charge >= 0.3 is 5.97 Å². The zero-order chi connectivity index (χ0) is 13.0. The maximum Gasteiger partial charge on any atom is 0.305 e. The molecule has 0 fully saturated rings. The summed E-state index contributed by atoms with van der Waals surface area (Å²) in [6.45, 7) is 5.66. The van der Waals surface area contributed by atoms with Gasteiger partial charge in [-0.15, -0.1) is 11.3 Å². The Morgan fingerprint density at radius 3 is 2.53 bits per heavy atom. The monoisotopic (exact) mass is 255 g/mol. The number of aliphatic carboxylic acids is 1. The highest BCUT2D eigenvalue weighted by Gasteiger charge is 2.21. The number of aryl methyl sites for hydroxylation is 1. The number of nitrogens with one attached hydrogen (secondary N) is 1. The van der Waals surface area contributed by atoms with Crippen molar-refractivity contribution in [3.05, 3.63) is 21.9 Å². The van der Waals surface area contributed by atoms with Crippen LogP contribution in [0, 0.1) is 12.8 Å². The van der Waals surface area contributed by atoms with Gasteiger partial charge in [-0.1, -0.05) is 13.8 Å². The summed E-state index contributed by atoms with van der Waals surface area (Å²) in [5.74, 6) is -0.986. The molecule has 0 saturated heterocycles. The Hall–Kier alpha value is -1.36. The molecule has 4 nitrogen and oxygen atoms in total. The molecule has 1 aromatic heterocycles. The van der Waals surface area contributed by atoms with Gasteiger partial charge in [0.25, 0.3) is 5.91 Å². The number of carboxylic acids is 1. The summed E-state index contributed by atoms with van der Waals surface area (Å²) in [4.78, 5) is 23.3. The largest absolute Gasteiger partial charge is 0.481 e. The first-order chi connectivity index (χ1) is 7.91. The molecule has 5 heteroatoms. The average Bonchev–Trinajstić information content (AvgIpc) is 2.62. The second kappa shape index (κ2) is 5.82. The van der Waals surface area contributed by atoms with Crippen LogP contribution >= 0.6 is 11.3 Å². The molecule has 1 amide bonds. The SMILES string of the molecule is Cc1ccsc1C(=O)NC(CC(=O)O)C(C)C. The molecule has 0 aliphatic heterocycles. The molecule has 17 heavy (non-hydrogen) atoms. The number of carbonyl (C=O) groups is 2. The topological polar surface area (TPSA) is 66.4 Å². The molecule has 94 valence electrons. The summed E-state index contributed by atoms with van der Waals surface area (Å²) in [6, 6.07) is 1.54. The molecule has 0 bridgehead atoms. The van der Waals surface area contributed by atoms with Gasteiger partial charge in [-0.2, -0.15) is 0 Å². The quantitative estimate of drug-likeness (QED) is 0.848. The molecular formula is C12H17NO3S. The molecule has 1 aromatic rings. The second-order valence-corrected chi connectivity index (χ2v) is 5.27. The third kappa shape index (κ3) is 3.85. The van der Waals surface area contributed by atoms with Crippen molar-refractivity contribution in [1.82, 2.24) is 5.32 Å². The lowest BCUT2D eigenvalue weighted by molar-refractivity contribution is -0.137. The van der Waals surface area contributed by atoms with E-state index in [1.165, 1.54) is 11.3 Å². The molecule has 0 saturated carbocycles. The van der Waals surface area contributed by atoms with Gasteiger partial charge in [0.15, 0.2) is 0 Å². The predicted octanol–water partition coefficient (Wildman–Crippen LogP) is 2.29. The zero-order valence-corrected chi connectivity index (χ0v) is 11.0. The van der Waals surface area contributed by atoms with Gasteiger partial charge in [-0.3, -0.25) is 9.59 Å². The third-order valence-corrected chi connectivity index (χ3v) is 3.60. The number of thiophene rings is 1. The Labute approximate surface area is 105 Å². The summed E-state index contributed by atoms with van der Waals surface area (Å²) in [5, 5.41) is 13.4. The van der Waals surface area contributed by atoms with E-state index in [4.69, 9.17) is 5.11 Å². The maximum absolute atomic E-state index is 11.9. The predicted molar refractivity (Wildman–Crippen MR) is 67.4 cm³/mol. The summed E-state index contributed by atoms with van der Waals surface area (Å²) < 4.78 is 0. The molecule has 0 aliphatic carbocycles. The van der Waals surface area contributed by atoms with E-state index in [0.717, 1.165) is 5.56 Å². The number of rotatable bonds is 5. The number of carboxylic acid groups (broad SMARTS) is 1. The fraction of sp³-hybridized carbons (Fsp3) is 0.500. The highest BCUT2D eigenvalue weighted by atomic mass is 32.1. The van der Waals surface area contributed by atoms with Gasteiger partial charge in [0.05, 0.1) is 11.3 Å². The van der Waals surface area contributed by atoms with E-state index in [2.05, 4.69) is 5.32 Å². The molecule has 0 aliphatic rings. The summed E-state index contributed by atoms with van der Waals surface area (Å²) in [7, 11) is 0. The molecule has 1 rings (SSSR count). The van der Waals surface area contributed by atoms with Crippen LogP contribution in [0.2, 0.25) is 0 Å². The van der Waals surface area contributed by atoms with Crippen LogP contribution in [0.4, 0.5) is 0 Å². The van der Waals surface area contributed by atoms with Crippen LogP contribution in [0.3, 0.4) is 0 Å². The fourth-order valence-corrected chi connectivity index (χ4v) is 2.31. The van der Waals surface area contributed by atoms with Crippen molar-refractivity contribution in [2.45, 2.75) is 33.2 Å². The first kappa shape index (κ1) is 13.7. The minimum absolute atomic E-state index is 0.0478. The van der Waals surface area contributed by atoms with Crippen LogP contribution in [0.15, 0.2) is 11.4 Å². The standard InChI is InChI=1S/C12H17NO3S/c1-7(2)9(6-10(14)15)13-12(16)11-8(3)4-5-17-11/h4-5,7,9H,6H2,1-3H3,(H,13,16)(H,14,15). The molecule has 0 aromatic carbocycles. The van der Waals surface area contributed by atoms with Crippen LogP contribution in [0.1, 0.15) is 35.5 Å². The third-order valence-electron chi connectivity index (χ3n) is 2.58. The lowest BCUT2D eigenvalue weighted by Gasteiger charge is -2.20. The molecular weight excluding hydrogens is 238 g/mol. The second-order valence-electron chi connectivity index (χ2n) is 4.35. The van der Waals surface area contributed by atoms with Gasteiger partial charge in [0.2, 0.25) is 0 Å². The van der Waals surface area contributed by atoms with E-state index < -0.39 is 5.97 Å². The van der Waals surface area contributed by atoms with Crippen molar-refractivity contribution in [2.24, 2.45) is 5.92 Å². The molecule has 0 spiro atoms. The zero-order valence-electron chi connectivity index (χ0n) is 10.2. The Bertz CT molecular complexity index is 412. The minimum atomic E-state index is -0.896. The Morgan fingerprint density at radius 1 is 1.47 bits per heavy atom. The number of hydrogen-bond donors (Lipinski definition) is 2. The van der Waals surface area contributed by atoms with E-state index in [1.54, 1.807) is 0 Å². The normalized spacial score (nSPS) is 12.5. The summed E-state index contributed by atoms with van der Waals surface area (Å²) >= 11 is 1.37. The highest BCUT2D eigenvalue weighted by Crippen LogP contribution is 2.16. The minimum Gasteiger partial charge on any atom is -0.481 e. The van der Waals surface area contributed by atoms with Gasteiger partial charge < -0.3 is 10.4 Å². The van der Waals surface area contributed by atoms with Crippen LogP contribution in [-0.2, 0) is 4.79 Å². The molecule has 2 N–H and O–H groups in total. The van der Waals surface area contributed by atoms with Crippen LogP contribution in [0.5, 0.6) is 0 Å². The molecule has 1 unspecified atom stereocenters. The van der Waals surface area contributed by atoms with Crippen molar-refractivity contribution in [2.75, 3.05) is 0 Å². The van der Waals surface area contributed by atoms with Crippen molar-refractivity contribution in [3.63, 3.8) is 0 Å². The smallest absolute Gasteiger partial charge is 0.305 e. The van der Waals surface area contributed by atoms with Gasteiger partial charge in [0.1, 0.15) is 0 Å². The van der Waals surface area contributed by atoms with Crippen molar-refractivity contribution >= 4 is 23.2 Å². The number of amides is 1. The molecule has 1 heterocycles. The Kier molecular flexibility index (Phi) is 4.69. The van der Waals surface area contributed by atoms with Crippen LogP contribution < -0.4 is 5.32 Å². The summed E-state index contributed by atoms with van der Waals surface area (Å²) in [5.41, 5.74) is 0.922. The highest BCUT2D eigenvalue weighted by molar-refractivity contribution is 7.12.